The van der Waals surface area contributed by atoms with Crippen molar-refractivity contribution < 1.29 is 9.21 Å². The number of aryl methyl sites for hydroxylation is 2. The van der Waals surface area contributed by atoms with Crippen molar-refractivity contribution in [1.82, 2.24) is 9.78 Å². The topological polar surface area (TPSA) is 77.1 Å². The number of nitrogens with one attached hydrogen (secondary N) is 1. The molecule has 2 aromatic carbocycles. The summed E-state index contributed by atoms with van der Waals surface area (Å²) in [6.45, 7) is 1.75. The lowest BCUT2D eigenvalue weighted by Gasteiger charge is -2.10. The van der Waals surface area contributed by atoms with E-state index in [4.69, 9.17) is 4.42 Å². The second-order valence-corrected chi connectivity index (χ2v) is 6.63. The zero-order valence-corrected chi connectivity index (χ0v) is 15.6. The van der Waals surface area contributed by atoms with Gasteiger partial charge in [0.05, 0.1) is 17.6 Å². The Labute approximate surface area is 161 Å². The molecule has 0 saturated carbocycles. The van der Waals surface area contributed by atoms with Crippen LogP contribution in [0.3, 0.4) is 0 Å². The van der Waals surface area contributed by atoms with Crippen LogP contribution in [0.1, 0.15) is 27.2 Å². The molecular weight excluding hydrogens is 354 g/mol. The molecule has 0 aliphatic rings. The van der Waals surface area contributed by atoms with Gasteiger partial charge in [-0.1, -0.05) is 48.5 Å². The van der Waals surface area contributed by atoms with E-state index >= 15 is 0 Å². The van der Waals surface area contributed by atoms with Gasteiger partial charge in [-0.3, -0.25) is 9.48 Å². The van der Waals surface area contributed by atoms with E-state index in [9.17, 15) is 9.59 Å². The molecular formula is C22H19N3O3. The van der Waals surface area contributed by atoms with E-state index in [1.54, 1.807) is 29.9 Å². The fourth-order valence-electron chi connectivity index (χ4n) is 3.32. The van der Waals surface area contributed by atoms with Crippen LogP contribution < -0.4 is 10.9 Å². The number of carbonyl (C=O) groups is 1. The first-order valence-corrected chi connectivity index (χ1v) is 8.93. The van der Waals surface area contributed by atoms with Crippen LogP contribution in [-0.2, 0) is 13.5 Å². The van der Waals surface area contributed by atoms with Crippen molar-refractivity contribution in [3.8, 4) is 0 Å². The Morgan fingerprint density at radius 2 is 1.82 bits per heavy atom. The number of para-hydroxylation sites is 1. The SMILES string of the molecule is Cc1c(C(=O)Nc2cnn(C)c2Cc2ccccc2)c(=O)oc2ccccc12. The fraction of sp³-hybridized carbons (Fsp3) is 0.136. The molecule has 0 atom stereocenters. The number of amides is 1. The third kappa shape index (κ3) is 3.20. The molecule has 4 aromatic rings. The maximum Gasteiger partial charge on any atom is 0.349 e. The van der Waals surface area contributed by atoms with Gasteiger partial charge >= 0.3 is 5.63 Å². The van der Waals surface area contributed by atoms with Crippen LogP contribution in [0.25, 0.3) is 11.0 Å². The molecule has 0 fully saturated rings. The minimum absolute atomic E-state index is 0.00761. The molecule has 1 amide bonds. The van der Waals surface area contributed by atoms with Crippen LogP contribution in [0.5, 0.6) is 0 Å². The highest BCUT2D eigenvalue weighted by atomic mass is 16.4. The Balaban J connectivity index is 1.69. The van der Waals surface area contributed by atoms with Gasteiger partial charge in [-0.05, 0) is 24.1 Å². The van der Waals surface area contributed by atoms with Crippen molar-refractivity contribution >= 4 is 22.6 Å². The lowest BCUT2D eigenvalue weighted by Crippen LogP contribution is -2.23. The maximum atomic E-state index is 12.9. The predicted octanol–water partition coefficient (Wildman–Crippen LogP) is 3.68. The van der Waals surface area contributed by atoms with E-state index in [1.165, 1.54) is 0 Å². The number of hydrogen-bond acceptors (Lipinski definition) is 4. The van der Waals surface area contributed by atoms with Gasteiger partial charge in [-0.25, -0.2) is 4.79 Å². The molecule has 2 aromatic heterocycles. The largest absolute Gasteiger partial charge is 0.422 e. The van der Waals surface area contributed by atoms with Crippen LogP contribution in [-0.4, -0.2) is 15.7 Å². The third-order valence-electron chi connectivity index (χ3n) is 4.82. The Morgan fingerprint density at radius 3 is 2.61 bits per heavy atom. The van der Waals surface area contributed by atoms with Crippen molar-refractivity contribution in [1.29, 1.82) is 0 Å². The Hall–Kier alpha value is -3.67. The number of fused-ring (bicyclic) bond motifs is 1. The molecule has 0 aliphatic carbocycles. The van der Waals surface area contributed by atoms with E-state index in [2.05, 4.69) is 10.4 Å². The van der Waals surface area contributed by atoms with E-state index in [0.717, 1.165) is 16.6 Å². The van der Waals surface area contributed by atoms with E-state index in [-0.39, 0.29) is 5.56 Å². The van der Waals surface area contributed by atoms with Gasteiger partial charge < -0.3 is 9.73 Å². The number of carbonyl (C=O) groups excluding carboxylic acids is 1. The van der Waals surface area contributed by atoms with Crippen LogP contribution in [0.4, 0.5) is 5.69 Å². The van der Waals surface area contributed by atoms with Crippen LogP contribution in [0, 0.1) is 6.92 Å². The minimum Gasteiger partial charge on any atom is -0.422 e. The summed E-state index contributed by atoms with van der Waals surface area (Å²) in [7, 11) is 1.82. The lowest BCUT2D eigenvalue weighted by molar-refractivity contribution is 0.102. The van der Waals surface area contributed by atoms with Crippen molar-refractivity contribution in [3.05, 3.63) is 93.6 Å². The van der Waals surface area contributed by atoms with Crippen molar-refractivity contribution in [2.75, 3.05) is 5.32 Å². The molecule has 0 saturated heterocycles. The van der Waals surface area contributed by atoms with Crippen molar-refractivity contribution in [3.63, 3.8) is 0 Å². The molecule has 0 unspecified atom stereocenters. The standard InChI is InChI=1S/C22H19N3O3/c1-14-16-10-6-7-11-19(16)28-22(27)20(14)21(26)24-17-13-23-25(2)18(17)12-15-8-4-3-5-9-15/h3-11,13H,12H2,1-2H3,(H,24,26). The monoisotopic (exact) mass is 373 g/mol. The predicted molar refractivity (Wildman–Crippen MR) is 108 cm³/mol. The van der Waals surface area contributed by atoms with Crippen LogP contribution >= 0.6 is 0 Å². The molecule has 28 heavy (non-hydrogen) atoms. The summed E-state index contributed by atoms with van der Waals surface area (Å²) in [5.41, 5.74) is 2.94. The van der Waals surface area contributed by atoms with Gasteiger partial charge in [0.15, 0.2) is 0 Å². The first-order chi connectivity index (χ1) is 13.5. The molecule has 6 nitrogen and oxygen atoms in total. The van der Waals surface area contributed by atoms with Crippen molar-refractivity contribution in [2.45, 2.75) is 13.3 Å². The summed E-state index contributed by atoms with van der Waals surface area (Å²) in [6.07, 6.45) is 2.20. The van der Waals surface area contributed by atoms with Crippen LogP contribution in [0.15, 0.2) is 70.0 Å². The fourth-order valence-corrected chi connectivity index (χ4v) is 3.32. The summed E-state index contributed by atoms with van der Waals surface area (Å²) in [5, 5.41) is 7.83. The smallest absolute Gasteiger partial charge is 0.349 e. The number of hydrogen-bond donors (Lipinski definition) is 1. The van der Waals surface area contributed by atoms with Crippen LogP contribution in [0.2, 0.25) is 0 Å². The molecule has 2 heterocycles. The lowest BCUT2D eigenvalue weighted by atomic mass is 10.1. The molecule has 6 heteroatoms. The number of anilines is 1. The zero-order valence-electron chi connectivity index (χ0n) is 15.6. The highest BCUT2D eigenvalue weighted by Crippen LogP contribution is 2.22. The second kappa shape index (κ2) is 7.15. The average Bonchev–Trinajstić information content (AvgIpc) is 3.02. The number of rotatable bonds is 4. The number of nitrogens with zero attached hydrogens (tertiary/aromatic N) is 2. The third-order valence-corrected chi connectivity index (χ3v) is 4.82. The minimum atomic E-state index is -0.651. The first kappa shape index (κ1) is 17.7. The molecule has 0 spiro atoms. The summed E-state index contributed by atoms with van der Waals surface area (Å²) in [5.74, 6) is -0.501. The summed E-state index contributed by atoms with van der Waals surface area (Å²) in [4.78, 5) is 25.3. The molecule has 140 valence electrons. The number of aromatic nitrogens is 2. The highest BCUT2D eigenvalue weighted by molar-refractivity contribution is 6.07. The number of benzene rings is 2. The van der Waals surface area contributed by atoms with Gasteiger partial charge in [-0.2, -0.15) is 5.10 Å². The zero-order chi connectivity index (χ0) is 19.7. The Morgan fingerprint density at radius 1 is 1.11 bits per heavy atom. The van der Waals surface area contributed by atoms with Gasteiger partial charge in [0.25, 0.3) is 5.91 Å². The van der Waals surface area contributed by atoms with E-state index in [0.29, 0.717) is 23.3 Å². The summed E-state index contributed by atoms with van der Waals surface area (Å²) < 4.78 is 7.05. The van der Waals surface area contributed by atoms with Crippen molar-refractivity contribution in [2.24, 2.45) is 7.05 Å². The Kier molecular flexibility index (Phi) is 4.53. The van der Waals surface area contributed by atoms with Gasteiger partial charge in [-0.15, -0.1) is 0 Å². The molecule has 0 radical (unpaired) electrons. The van der Waals surface area contributed by atoms with Gasteiger partial charge in [0.2, 0.25) is 0 Å². The normalized spacial score (nSPS) is 10.9. The molecule has 0 aliphatic heterocycles. The first-order valence-electron chi connectivity index (χ1n) is 8.93. The molecule has 0 bridgehead atoms. The molecule has 4 rings (SSSR count). The average molecular weight is 373 g/mol. The summed E-state index contributed by atoms with van der Waals surface area (Å²) >= 11 is 0. The quantitative estimate of drug-likeness (QED) is 0.554. The highest BCUT2D eigenvalue weighted by Gasteiger charge is 2.20. The maximum absolute atomic E-state index is 12.9. The Bertz CT molecular complexity index is 1220. The molecule has 1 N–H and O–H groups in total. The van der Waals surface area contributed by atoms with Gasteiger partial charge in [0, 0.05) is 18.9 Å². The summed E-state index contributed by atoms with van der Waals surface area (Å²) in [6, 6.07) is 17.1. The van der Waals surface area contributed by atoms with E-state index in [1.807, 2.05) is 49.5 Å². The second-order valence-electron chi connectivity index (χ2n) is 6.63. The van der Waals surface area contributed by atoms with E-state index < -0.39 is 11.5 Å². The van der Waals surface area contributed by atoms with Gasteiger partial charge in [0.1, 0.15) is 11.1 Å².